The fourth-order valence-electron chi connectivity index (χ4n) is 2.54. The van der Waals surface area contributed by atoms with Crippen LogP contribution in [-0.2, 0) is 4.79 Å². The summed E-state index contributed by atoms with van der Waals surface area (Å²) in [6.45, 7) is 4.06. The van der Waals surface area contributed by atoms with Gasteiger partial charge in [0.2, 0.25) is 0 Å². The highest BCUT2D eigenvalue weighted by atomic mass is 79.9. The number of carbonyl (C=O) groups excluding carboxylic acids is 1. The molecular formula is C18H13BrN2O3. The summed E-state index contributed by atoms with van der Waals surface area (Å²) >= 11 is 3.40. The quantitative estimate of drug-likeness (QED) is 0.814. The third-order valence-electron chi connectivity index (χ3n) is 3.60. The van der Waals surface area contributed by atoms with Crippen LogP contribution in [0.5, 0.6) is 0 Å². The molecule has 0 fully saturated rings. The van der Waals surface area contributed by atoms with Gasteiger partial charge >= 0.3 is 5.97 Å². The Morgan fingerprint density at radius 1 is 1.29 bits per heavy atom. The number of carboxylic acid groups (broad SMARTS) is 1. The predicted molar refractivity (Wildman–Crippen MR) is 96.3 cm³/mol. The van der Waals surface area contributed by atoms with Crippen LogP contribution in [0.3, 0.4) is 0 Å². The Labute approximate surface area is 147 Å². The van der Waals surface area contributed by atoms with E-state index in [1.807, 2.05) is 18.2 Å². The SMILES string of the molecule is C=CCN1C(=O)/C(=N\c2cccc(C(=O)O)c2)c2cc(Br)ccc21. The van der Waals surface area contributed by atoms with Crippen molar-refractivity contribution < 1.29 is 14.7 Å². The number of rotatable bonds is 4. The average molecular weight is 385 g/mol. The van der Waals surface area contributed by atoms with Crippen molar-refractivity contribution in [2.24, 2.45) is 4.99 Å². The molecule has 24 heavy (non-hydrogen) atoms. The highest BCUT2D eigenvalue weighted by Crippen LogP contribution is 2.33. The average Bonchev–Trinajstić information content (AvgIpc) is 2.81. The second-order valence-corrected chi connectivity index (χ2v) is 6.10. The van der Waals surface area contributed by atoms with Gasteiger partial charge in [-0.3, -0.25) is 4.79 Å². The highest BCUT2D eigenvalue weighted by molar-refractivity contribution is 9.10. The van der Waals surface area contributed by atoms with E-state index < -0.39 is 5.97 Å². The number of hydrogen-bond acceptors (Lipinski definition) is 3. The van der Waals surface area contributed by atoms with E-state index in [9.17, 15) is 9.59 Å². The molecule has 0 saturated heterocycles. The van der Waals surface area contributed by atoms with Crippen molar-refractivity contribution in [3.05, 3.63) is 70.7 Å². The van der Waals surface area contributed by atoms with Gasteiger partial charge in [-0.25, -0.2) is 9.79 Å². The van der Waals surface area contributed by atoms with Crippen molar-refractivity contribution >= 4 is 44.9 Å². The molecule has 2 aromatic rings. The number of anilines is 1. The zero-order valence-corrected chi connectivity index (χ0v) is 14.2. The van der Waals surface area contributed by atoms with Crippen molar-refractivity contribution in [1.29, 1.82) is 0 Å². The number of aliphatic imine (C=N–C) groups is 1. The Kier molecular flexibility index (Phi) is 4.31. The third kappa shape index (κ3) is 2.88. The number of carboxylic acids is 1. The first-order valence-electron chi connectivity index (χ1n) is 7.16. The first-order valence-corrected chi connectivity index (χ1v) is 7.95. The molecule has 1 heterocycles. The van der Waals surface area contributed by atoms with Crippen molar-refractivity contribution in [1.82, 2.24) is 0 Å². The van der Waals surface area contributed by atoms with Crippen molar-refractivity contribution in [3.8, 4) is 0 Å². The Morgan fingerprint density at radius 2 is 2.08 bits per heavy atom. The van der Waals surface area contributed by atoms with E-state index >= 15 is 0 Å². The topological polar surface area (TPSA) is 70.0 Å². The van der Waals surface area contributed by atoms with E-state index in [2.05, 4.69) is 27.5 Å². The summed E-state index contributed by atoms with van der Waals surface area (Å²) in [4.78, 5) is 29.8. The lowest BCUT2D eigenvalue weighted by atomic mass is 10.1. The fourth-order valence-corrected chi connectivity index (χ4v) is 2.90. The largest absolute Gasteiger partial charge is 0.478 e. The smallest absolute Gasteiger partial charge is 0.335 e. The van der Waals surface area contributed by atoms with Crippen molar-refractivity contribution in [3.63, 3.8) is 0 Å². The molecule has 1 aliphatic rings. The van der Waals surface area contributed by atoms with E-state index in [1.54, 1.807) is 23.1 Å². The van der Waals surface area contributed by atoms with Crippen LogP contribution < -0.4 is 4.90 Å². The minimum Gasteiger partial charge on any atom is -0.478 e. The van der Waals surface area contributed by atoms with Gasteiger partial charge in [-0.15, -0.1) is 6.58 Å². The van der Waals surface area contributed by atoms with Gasteiger partial charge in [-0.2, -0.15) is 0 Å². The van der Waals surface area contributed by atoms with Crippen molar-refractivity contribution in [2.75, 3.05) is 11.4 Å². The number of carbonyl (C=O) groups is 2. The van der Waals surface area contributed by atoms with E-state index in [1.165, 1.54) is 12.1 Å². The van der Waals surface area contributed by atoms with Crippen LogP contribution >= 0.6 is 15.9 Å². The molecule has 0 atom stereocenters. The van der Waals surface area contributed by atoms with Crippen LogP contribution in [0, 0.1) is 0 Å². The van der Waals surface area contributed by atoms with E-state index in [0.29, 0.717) is 17.8 Å². The Morgan fingerprint density at radius 3 is 2.79 bits per heavy atom. The molecule has 3 rings (SSSR count). The summed E-state index contributed by atoms with van der Waals surface area (Å²) in [6, 6.07) is 11.7. The van der Waals surface area contributed by atoms with Gasteiger partial charge in [0.25, 0.3) is 5.91 Å². The molecule has 120 valence electrons. The predicted octanol–water partition coefficient (Wildman–Crippen LogP) is 3.80. The fraction of sp³-hybridized carbons (Fsp3) is 0.0556. The minimum atomic E-state index is -1.04. The summed E-state index contributed by atoms with van der Waals surface area (Å²) < 4.78 is 0.835. The lowest BCUT2D eigenvalue weighted by Gasteiger charge is -2.13. The van der Waals surface area contributed by atoms with Gasteiger partial charge in [0.05, 0.1) is 16.9 Å². The van der Waals surface area contributed by atoms with Crippen molar-refractivity contribution in [2.45, 2.75) is 0 Å². The number of aromatic carboxylic acids is 1. The summed E-state index contributed by atoms with van der Waals surface area (Å²) in [7, 11) is 0. The maximum Gasteiger partial charge on any atom is 0.335 e. The minimum absolute atomic E-state index is 0.125. The molecule has 5 nitrogen and oxygen atoms in total. The highest BCUT2D eigenvalue weighted by Gasteiger charge is 2.33. The maximum atomic E-state index is 12.7. The Bertz CT molecular complexity index is 890. The second-order valence-electron chi connectivity index (χ2n) is 5.18. The first-order chi connectivity index (χ1) is 11.5. The van der Waals surface area contributed by atoms with Gasteiger partial charge in [0.1, 0.15) is 5.71 Å². The van der Waals surface area contributed by atoms with Gasteiger partial charge in [0.15, 0.2) is 0 Å². The lowest BCUT2D eigenvalue weighted by molar-refractivity contribution is -0.112. The second kappa shape index (κ2) is 6.41. The number of fused-ring (bicyclic) bond motifs is 1. The molecule has 1 aliphatic heterocycles. The number of hydrogen-bond donors (Lipinski definition) is 1. The summed E-state index contributed by atoms with van der Waals surface area (Å²) in [5.41, 5.74) is 2.30. The standard InChI is InChI=1S/C18H13BrN2O3/c1-2-8-21-15-7-6-12(19)10-14(15)16(17(21)22)20-13-5-3-4-11(9-13)18(23)24/h2-7,9-10H,1,8H2,(H,23,24)/b20-16-. The lowest BCUT2D eigenvalue weighted by Crippen LogP contribution is -2.30. The zero-order valence-electron chi connectivity index (χ0n) is 12.6. The Hall–Kier alpha value is -2.73. The molecule has 0 radical (unpaired) electrons. The molecular weight excluding hydrogens is 372 g/mol. The molecule has 0 bridgehead atoms. The number of amides is 1. The van der Waals surface area contributed by atoms with Crippen LogP contribution in [0.1, 0.15) is 15.9 Å². The van der Waals surface area contributed by atoms with Gasteiger partial charge < -0.3 is 10.0 Å². The van der Waals surface area contributed by atoms with Crippen LogP contribution in [0.2, 0.25) is 0 Å². The summed E-state index contributed by atoms with van der Waals surface area (Å²) in [5.74, 6) is -1.27. The van der Waals surface area contributed by atoms with E-state index in [4.69, 9.17) is 5.11 Å². The summed E-state index contributed by atoms with van der Waals surface area (Å²) in [5, 5.41) is 9.09. The van der Waals surface area contributed by atoms with Crippen LogP contribution in [0.4, 0.5) is 11.4 Å². The normalized spacial score (nSPS) is 14.8. The molecule has 0 unspecified atom stereocenters. The molecule has 0 spiro atoms. The molecule has 0 aromatic heterocycles. The molecule has 1 amide bonds. The number of halogens is 1. The zero-order chi connectivity index (χ0) is 17.3. The maximum absolute atomic E-state index is 12.7. The van der Waals surface area contributed by atoms with Gasteiger partial charge in [-0.05, 0) is 36.4 Å². The van der Waals surface area contributed by atoms with Crippen LogP contribution in [-0.4, -0.2) is 29.2 Å². The summed E-state index contributed by atoms with van der Waals surface area (Å²) in [6.07, 6.45) is 1.65. The van der Waals surface area contributed by atoms with E-state index in [-0.39, 0.29) is 17.2 Å². The Balaban J connectivity index is 2.12. The van der Waals surface area contributed by atoms with E-state index in [0.717, 1.165) is 10.2 Å². The third-order valence-corrected chi connectivity index (χ3v) is 4.09. The molecule has 0 saturated carbocycles. The van der Waals surface area contributed by atoms with Crippen LogP contribution in [0.15, 0.2) is 64.6 Å². The number of benzene rings is 2. The van der Waals surface area contributed by atoms with Gasteiger partial charge in [0, 0.05) is 16.6 Å². The molecule has 1 N–H and O–H groups in total. The number of nitrogens with zero attached hydrogens (tertiary/aromatic N) is 2. The monoisotopic (exact) mass is 384 g/mol. The van der Waals surface area contributed by atoms with Gasteiger partial charge in [-0.1, -0.05) is 28.1 Å². The molecule has 0 aliphatic carbocycles. The first kappa shape index (κ1) is 16.1. The molecule has 6 heteroatoms. The van der Waals surface area contributed by atoms with Crippen LogP contribution in [0.25, 0.3) is 0 Å². The molecule has 2 aromatic carbocycles.